The summed E-state index contributed by atoms with van der Waals surface area (Å²) in [6, 6.07) is 17.5. The molecule has 1 heterocycles. The molecule has 0 nitrogen and oxygen atoms in total. The fourth-order valence-electron chi connectivity index (χ4n) is 1.95. The van der Waals surface area contributed by atoms with E-state index in [4.69, 9.17) is 0 Å². The number of benzene rings is 2. The van der Waals surface area contributed by atoms with Crippen molar-refractivity contribution in [2.45, 2.75) is 0 Å². The fourth-order valence-corrected chi connectivity index (χ4v) is 4.83. The van der Waals surface area contributed by atoms with Crippen LogP contribution in [0.4, 0.5) is 0 Å². The van der Waals surface area contributed by atoms with E-state index >= 15 is 0 Å². The van der Waals surface area contributed by atoms with Crippen LogP contribution in [-0.2, 0) is 0 Å². The van der Waals surface area contributed by atoms with Gasteiger partial charge in [0.2, 0.25) is 0 Å². The minimum atomic E-state index is -0.503. The summed E-state index contributed by atoms with van der Waals surface area (Å²) in [7, 11) is 0. The van der Waals surface area contributed by atoms with Gasteiger partial charge in [0.05, 0.1) is 0 Å². The maximum absolute atomic E-state index is 2.41. The van der Waals surface area contributed by atoms with Crippen LogP contribution in [-0.4, -0.2) is 21.1 Å². The average molecular weight is 297 g/mol. The van der Waals surface area contributed by atoms with Crippen molar-refractivity contribution in [3.63, 3.8) is 0 Å². The molecule has 1 aliphatic heterocycles. The number of hydrogen-bond donors (Lipinski definition) is 0. The zero-order chi connectivity index (χ0) is 10.1. The van der Waals surface area contributed by atoms with E-state index in [2.05, 4.69) is 58.7 Å². The summed E-state index contributed by atoms with van der Waals surface area (Å²) in [6.07, 6.45) is 2.29. The summed E-state index contributed by atoms with van der Waals surface area (Å²) >= 11 is -0.503. The molecule has 0 aliphatic carbocycles. The molecule has 0 N–H and O–H groups in total. The molecule has 0 amide bonds. The van der Waals surface area contributed by atoms with E-state index in [1.807, 2.05) is 0 Å². The SMILES string of the molecule is [CH]1=Cc2ccccc2-c2cccc[c]2[Sn]1. The first kappa shape index (κ1) is 9.22. The van der Waals surface area contributed by atoms with Crippen LogP contribution in [0, 0.1) is 0 Å². The second kappa shape index (κ2) is 3.86. The third-order valence-corrected chi connectivity index (χ3v) is 5.76. The maximum atomic E-state index is 2.41. The minimum absolute atomic E-state index is 0.503. The van der Waals surface area contributed by atoms with Gasteiger partial charge >= 0.3 is 100 Å². The van der Waals surface area contributed by atoms with Crippen molar-refractivity contribution in [1.82, 2.24) is 0 Å². The summed E-state index contributed by atoms with van der Waals surface area (Å²) in [5.41, 5.74) is 4.20. The Morgan fingerprint density at radius 2 is 1.47 bits per heavy atom. The van der Waals surface area contributed by atoms with E-state index in [1.165, 1.54) is 16.7 Å². The normalized spacial score (nSPS) is 12.8. The Morgan fingerprint density at radius 3 is 2.40 bits per heavy atom. The standard InChI is InChI=1S/C14H10.Sn/c1-2-12-8-6-7-11-14(12)13-9-4-3-5-10-13;/h1-9,11H;. The second-order valence-electron chi connectivity index (χ2n) is 3.61. The Bertz CT molecular complexity index is 526. The molecular weight excluding hydrogens is 287 g/mol. The fraction of sp³-hybridized carbons (Fsp3) is 0. The van der Waals surface area contributed by atoms with Gasteiger partial charge in [0.15, 0.2) is 0 Å². The van der Waals surface area contributed by atoms with Crippen LogP contribution in [0.2, 0.25) is 0 Å². The summed E-state index contributed by atoms with van der Waals surface area (Å²) < 4.78 is 4.00. The zero-order valence-electron chi connectivity index (χ0n) is 8.27. The van der Waals surface area contributed by atoms with E-state index in [-0.39, 0.29) is 0 Å². The molecule has 0 saturated carbocycles. The molecule has 2 aromatic carbocycles. The molecule has 1 aliphatic rings. The van der Waals surface area contributed by atoms with Gasteiger partial charge in [-0.1, -0.05) is 0 Å². The van der Waals surface area contributed by atoms with E-state index in [9.17, 15) is 0 Å². The van der Waals surface area contributed by atoms with Crippen molar-refractivity contribution >= 4 is 30.8 Å². The Morgan fingerprint density at radius 1 is 0.733 bits per heavy atom. The quantitative estimate of drug-likeness (QED) is 0.656. The molecule has 2 radical (unpaired) electrons. The molecular formula is C14H10Sn. The van der Waals surface area contributed by atoms with Gasteiger partial charge in [-0.2, -0.15) is 0 Å². The number of rotatable bonds is 0. The second-order valence-corrected chi connectivity index (χ2v) is 6.92. The monoisotopic (exact) mass is 298 g/mol. The Labute approximate surface area is 99.9 Å². The number of fused-ring (bicyclic) bond motifs is 3. The number of hydrogen-bond acceptors (Lipinski definition) is 0. The van der Waals surface area contributed by atoms with E-state index in [1.54, 1.807) is 3.58 Å². The third kappa shape index (κ3) is 1.63. The van der Waals surface area contributed by atoms with Crippen molar-refractivity contribution < 1.29 is 0 Å². The van der Waals surface area contributed by atoms with Crippen LogP contribution in [0.3, 0.4) is 0 Å². The van der Waals surface area contributed by atoms with Crippen molar-refractivity contribution in [1.29, 1.82) is 0 Å². The summed E-state index contributed by atoms with van der Waals surface area (Å²) in [5, 5.41) is 0. The molecule has 3 rings (SSSR count). The van der Waals surface area contributed by atoms with Crippen molar-refractivity contribution in [3.8, 4) is 11.1 Å². The van der Waals surface area contributed by atoms with Gasteiger partial charge in [-0.15, -0.1) is 0 Å². The van der Waals surface area contributed by atoms with E-state index in [0.29, 0.717) is 0 Å². The molecule has 0 fully saturated rings. The molecule has 0 spiro atoms. The molecule has 0 bridgehead atoms. The van der Waals surface area contributed by atoms with Crippen LogP contribution >= 0.6 is 0 Å². The summed E-state index contributed by atoms with van der Waals surface area (Å²) in [4.78, 5) is 0. The molecule has 1 heteroatoms. The van der Waals surface area contributed by atoms with Crippen LogP contribution in [0.15, 0.2) is 52.6 Å². The first-order valence-corrected chi connectivity index (χ1v) is 8.14. The predicted molar refractivity (Wildman–Crippen MR) is 66.3 cm³/mol. The van der Waals surface area contributed by atoms with Gasteiger partial charge in [0, 0.05) is 0 Å². The van der Waals surface area contributed by atoms with Crippen molar-refractivity contribution in [2.24, 2.45) is 0 Å². The molecule has 70 valence electrons. The third-order valence-electron chi connectivity index (χ3n) is 2.68. The molecule has 2 aromatic rings. The Hall–Kier alpha value is -1.02. The van der Waals surface area contributed by atoms with Gasteiger partial charge in [0.1, 0.15) is 0 Å². The average Bonchev–Trinajstić information content (AvgIpc) is 2.48. The van der Waals surface area contributed by atoms with Gasteiger partial charge in [-0.3, -0.25) is 0 Å². The first-order chi connectivity index (χ1) is 7.45. The molecule has 15 heavy (non-hydrogen) atoms. The van der Waals surface area contributed by atoms with Gasteiger partial charge in [0.25, 0.3) is 0 Å². The zero-order valence-corrected chi connectivity index (χ0v) is 11.1. The Kier molecular flexibility index (Phi) is 2.37. The summed E-state index contributed by atoms with van der Waals surface area (Å²) in [6.45, 7) is 0. The topological polar surface area (TPSA) is 0 Å². The van der Waals surface area contributed by atoms with Crippen LogP contribution < -0.4 is 3.58 Å². The Balaban J connectivity index is 2.33. The predicted octanol–water partition coefficient (Wildman–Crippen LogP) is 2.67. The van der Waals surface area contributed by atoms with Gasteiger partial charge < -0.3 is 0 Å². The van der Waals surface area contributed by atoms with Crippen molar-refractivity contribution in [3.05, 3.63) is 58.2 Å². The molecule has 0 saturated heterocycles. The van der Waals surface area contributed by atoms with Crippen LogP contribution in [0.5, 0.6) is 0 Å². The first-order valence-electron chi connectivity index (χ1n) is 5.07. The van der Waals surface area contributed by atoms with E-state index in [0.717, 1.165) is 0 Å². The summed E-state index contributed by atoms with van der Waals surface area (Å²) in [5.74, 6) is 0. The van der Waals surface area contributed by atoms with Crippen molar-refractivity contribution in [2.75, 3.05) is 0 Å². The van der Waals surface area contributed by atoms with Gasteiger partial charge in [-0.05, 0) is 0 Å². The molecule has 0 aromatic heterocycles. The molecule has 0 unspecified atom stereocenters. The van der Waals surface area contributed by atoms with Crippen LogP contribution in [0.25, 0.3) is 17.2 Å². The van der Waals surface area contributed by atoms with Crippen LogP contribution in [0.1, 0.15) is 5.56 Å². The van der Waals surface area contributed by atoms with Gasteiger partial charge in [-0.25, -0.2) is 0 Å². The van der Waals surface area contributed by atoms with E-state index < -0.39 is 21.1 Å². The molecule has 0 atom stereocenters.